The number of anilines is 2. The van der Waals surface area contributed by atoms with Gasteiger partial charge in [0.15, 0.2) is 0 Å². The number of hydrogen-bond donors (Lipinski definition) is 3. The van der Waals surface area contributed by atoms with Crippen molar-refractivity contribution in [2.24, 2.45) is 5.73 Å². The van der Waals surface area contributed by atoms with Crippen LogP contribution in [0.3, 0.4) is 0 Å². The van der Waals surface area contributed by atoms with E-state index in [1.807, 2.05) is 0 Å². The normalized spacial score (nSPS) is 11.9. The molecule has 0 aliphatic rings. The molecule has 0 saturated heterocycles. The van der Waals surface area contributed by atoms with E-state index < -0.39 is 23.4 Å². The highest BCUT2D eigenvalue weighted by Crippen LogP contribution is 2.22. The van der Waals surface area contributed by atoms with Crippen molar-refractivity contribution in [1.82, 2.24) is 9.55 Å². The van der Waals surface area contributed by atoms with Crippen LogP contribution in [0.25, 0.3) is 16.6 Å². The zero-order valence-electron chi connectivity index (χ0n) is 17.0. The Morgan fingerprint density at radius 3 is 2.59 bits per heavy atom. The molecule has 4 N–H and O–H groups in total. The summed E-state index contributed by atoms with van der Waals surface area (Å²) in [6.45, 7) is 1.68. The van der Waals surface area contributed by atoms with Gasteiger partial charge in [0.05, 0.1) is 28.0 Å². The molecule has 0 radical (unpaired) electrons. The third-order valence-corrected chi connectivity index (χ3v) is 5.09. The predicted molar refractivity (Wildman–Crippen MR) is 124 cm³/mol. The fourth-order valence-corrected chi connectivity index (χ4v) is 3.51. The Bertz CT molecular complexity index is 1390. The lowest BCUT2D eigenvalue weighted by molar-refractivity contribution is 0.262. The monoisotopic (exact) mass is 451 g/mol. The Hall–Kier alpha value is -3.75. The van der Waals surface area contributed by atoms with E-state index in [0.29, 0.717) is 22.1 Å². The molecule has 0 saturated carbocycles. The quantitative estimate of drug-likeness (QED) is 0.413. The minimum absolute atomic E-state index is 0.133. The average Bonchev–Trinajstić information content (AvgIpc) is 2.75. The molecule has 32 heavy (non-hydrogen) atoms. The first-order chi connectivity index (χ1) is 15.3. The first-order valence-electron chi connectivity index (χ1n) is 9.75. The first kappa shape index (κ1) is 21.5. The molecule has 1 aromatic heterocycles. The molecular formula is C23H19ClFN5O2. The number of carbonyl (C=O) groups excluding carboxylic acids is 1. The number of rotatable bonds is 4. The topological polar surface area (TPSA) is 102 Å². The highest BCUT2D eigenvalue weighted by molar-refractivity contribution is 6.33. The minimum Gasteiger partial charge on any atom is -0.322 e. The zero-order chi connectivity index (χ0) is 22.8. The summed E-state index contributed by atoms with van der Waals surface area (Å²) in [6, 6.07) is 16.5. The summed E-state index contributed by atoms with van der Waals surface area (Å²) >= 11 is 6.07. The van der Waals surface area contributed by atoms with Crippen molar-refractivity contribution in [1.29, 1.82) is 0 Å². The maximum atomic E-state index is 14.4. The highest BCUT2D eigenvalue weighted by atomic mass is 35.5. The maximum Gasteiger partial charge on any atom is 0.323 e. The number of hydrogen-bond acceptors (Lipinski definition) is 4. The number of carbonyl (C=O) groups is 1. The summed E-state index contributed by atoms with van der Waals surface area (Å²) in [4.78, 5) is 30.0. The van der Waals surface area contributed by atoms with Crippen LogP contribution in [0, 0.1) is 5.82 Å². The van der Waals surface area contributed by atoms with Crippen molar-refractivity contribution in [3.05, 3.63) is 93.7 Å². The number of urea groups is 1. The van der Waals surface area contributed by atoms with Crippen molar-refractivity contribution in [2.45, 2.75) is 13.0 Å². The predicted octanol–water partition coefficient (Wildman–Crippen LogP) is 4.84. The third-order valence-electron chi connectivity index (χ3n) is 4.76. The molecule has 9 heteroatoms. The Kier molecular flexibility index (Phi) is 5.89. The molecule has 162 valence electrons. The number of benzene rings is 3. The number of nitrogens with one attached hydrogen (secondary N) is 2. The summed E-state index contributed by atoms with van der Waals surface area (Å²) < 4.78 is 15.7. The van der Waals surface area contributed by atoms with E-state index in [1.165, 1.54) is 16.7 Å². The van der Waals surface area contributed by atoms with Gasteiger partial charge in [-0.2, -0.15) is 0 Å². The Balaban J connectivity index is 1.73. The molecule has 0 fully saturated rings. The SMILES string of the molecule is CC(N)c1nc2cccc(F)c2c(=O)n1-c1cccc(NC(=O)Nc2ccccc2Cl)c1. The molecule has 4 rings (SSSR count). The van der Waals surface area contributed by atoms with Gasteiger partial charge >= 0.3 is 6.03 Å². The third kappa shape index (κ3) is 4.18. The number of nitrogens with zero attached hydrogens (tertiary/aromatic N) is 2. The molecule has 0 bridgehead atoms. The standard InChI is InChI=1S/C23H19ClFN5O2/c1-13(26)21-28-19-11-5-9-17(25)20(19)22(31)30(21)15-7-4-6-14(12-15)27-23(32)29-18-10-3-2-8-16(18)24/h2-13H,26H2,1H3,(H2,27,29,32). The molecule has 1 atom stereocenters. The first-order valence-corrected chi connectivity index (χ1v) is 10.1. The number of amides is 2. The molecular weight excluding hydrogens is 433 g/mol. The minimum atomic E-state index is -0.668. The molecule has 2 amide bonds. The fraction of sp³-hybridized carbons (Fsp3) is 0.0870. The molecule has 1 unspecified atom stereocenters. The van der Waals surface area contributed by atoms with Crippen LogP contribution in [-0.2, 0) is 0 Å². The van der Waals surface area contributed by atoms with Gasteiger partial charge in [0.1, 0.15) is 17.0 Å². The lowest BCUT2D eigenvalue weighted by atomic mass is 10.2. The second kappa shape index (κ2) is 8.78. The summed E-state index contributed by atoms with van der Waals surface area (Å²) in [6.07, 6.45) is 0. The van der Waals surface area contributed by atoms with Crippen LogP contribution >= 0.6 is 11.6 Å². The van der Waals surface area contributed by atoms with Crippen LogP contribution in [0.5, 0.6) is 0 Å². The molecule has 1 heterocycles. The van der Waals surface area contributed by atoms with E-state index >= 15 is 0 Å². The zero-order valence-corrected chi connectivity index (χ0v) is 17.7. The van der Waals surface area contributed by atoms with E-state index in [9.17, 15) is 14.0 Å². The van der Waals surface area contributed by atoms with Gasteiger partial charge in [-0.05, 0) is 49.4 Å². The summed E-state index contributed by atoms with van der Waals surface area (Å²) in [5, 5.41) is 5.62. The van der Waals surface area contributed by atoms with Crippen molar-refractivity contribution in [2.75, 3.05) is 10.6 Å². The number of fused-ring (bicyclic) bond motifs is 1. The number of para-hydroxylation sites is 1. The smallest absolute Gasteiger partial charge is 0.322 e. The fourth-order valence-electron chi connectivity index (χ4n) is 3.33. The van der Waals surface area contributed by atoms with Crippen LogP contribution in [-0.4, -0.2) is 15.6 Å². The van der Waals surface area contributed by atoms with E-state index in [-0.39, 0.29) is 16.7 Å². The van der Waals surface area contributed by atoms with Crippen molar-refractivity contribution in [3.8, 4) is 5.69 Å². The molecule has 7 nitrogen and oxygen atoms in total. The number of halogens is 2. The van der Waals surface area contributed by atoms with Crippen LogP contribution in [0.4, 0.5) is 20.6 Å². The molecule has 3 aromatic carbocycles. The van der Waals surface area contributed by atoms with Crippen LogP contribution in [0.1, 0.15) is 18.8 Å². The lowest BCUT2D eigenvalue weighted by Gasteiger charge is -2.17. The second-order valence-corrected chi connectivity index (χ2v) is 7.55. The average molecular weight is 452 g/mol. The van der Waals surface area contributed by atoms with Gasteiger partial charge in [-0.1, -0.05) is 35.9 Å². The van der Waals surface area contributed by atoms with Gasteiger partial charge in [-0.3, -0.25) is 9.36 Å². The maximum absolute atomic E-state index is 14.4. The number of nitrogens with two attached hydrogens (primary N) is 1. The molecule has 4 aromatic rings. The van der Waals surface area contributed by atoms with Gasteiger partial charge in [0.25, 0.3) is 5.56 Å². The van der Waals surface area contributed by atoms with Crippen LogP contribution in [0.15, 0.2) is 71.5 Å². The largest absolute Gasteiger partial charge is 0.323 e. The van der Waals surface area contributed by atoms with Crippen molar-refractivity contribution >= 4 is 39.9 Å². The van der Waals surface area contributed by atoms with Crippen LogP contribution < -0.4 is 21.9 Å². The molecule has 0 spiro atoms. The van der Waals surface area contributed by atoms with Gasteiger partial charge < -0.3 is 16.4 Å². The molecule has 0 aliphatic heterocycles. The number of aromatic nitrogens is 2. The summed E-state index contributed by atoms with van der Waals surface area (Å²) in [5.41, 5.74) is 6.95. The van der Waals surface area contributed by atoms with Gasteiger partial charge in [0.2, 0.25) is 0 Å². The van der Waals surface area contributed by atoms with E-state index in [2.05, 4.69) is 15.6 Å². The molecule has 0 aliphatic carbocycles. The second-order valence-electron chi connectivity index (χ2n) is 7.14. The summed E-state index contributed by atoms with van der Waals surface area (Å²) in [7, 11) is 0. The van der Waals surface area contributed by atoms with E-state index in [1.54, 1.807) is 61.5 Å². The lowest BCUT2D eigenvalue weighted by Crippen LogP contribution is -2.28. The van der Waals surface area contributed by atoms with Gasteiger partial charge in [-0.25, -0.2) is 14.2 Å². The Labute approximate surface area is 187 Å². The highest BCUT2D eigenvalue weighted by Gasteiger charge is 2.18. The van der Waals surface area contributed by atoms with E-state index in [0.717, 1.165) is 0 Å². The Morgan fingerprint density at radius 2 is 1.84 bits per heavy atom. The van der Waals surface area contributed by atoms with Crippen molar-refractivity contribution < 1.29 is 9.18 Å². The van der Waals surface area contributed by atoms with Crippen LogP contribution in [0.2, 0.25) is 5.02 Å². The Morgan fingerprint density at radius 1 is 1.09 bits per heavy atom. The summed E-state index contributed by atoms with van der Waals surface area (Å²) in [5.74, 6) is -0.399. The van der Waals surface area contributed by atoms with Gasteiger partial charge in [0, 0.05) is 5.69 Å². The van der Waals surface area contributed by atoms with Gasteiger partial charge in [-0.15, -0.1) is 0 Å². The van der Waals surface area contributed by atoms with Crippen molar-refractivity contribution in [3.63, 3.8) is 0 Å². The van der Waals surface area contributed by atoms with E-state index in [4.69, 9.17) is 17.3 Å².